The lowest BCUT2D eigenvalue weighted by atomic mass is 10.0. The molecule has 0 atom stereocenters. The molecule has 0 radical (unpaired) electrons. The van der Waals surface area contributed by atoms with Crippen molar-refractivity contribution >= 4 is 17.9 Å². The van der Waals surface area contributed by atoms with E-state index in [1.54, 1.807) is 13.8 Å². The Bertz CT molecular complexity index is 458. The number of carbonyl (C=O) groups is 3. The summed E-state index contributed by atoms with van der Waals surface area (Å²) in [7, 11) is 0. The van der Waals surface area contributed by atoms with Crippen molar-refractivity contribution in [3.63, 3.8) is 0 Å². The fourth-order valence-electron chi connectivity index (χ4n) is 1.10. The fourth-order valence-corrected chi connectivity index (χ4v) is 1.10. The quantitative estimate of drug-likeness (QED) is 0.774. The third-order valence-corrected chi connectivity index (χ3v) is 2.29. The fraction of sp³-hybridized carbons (Fsp3) is 0.308. The summed E-state index contributed by atoms with van der Waals surface area (Å²) in [4.78, 5) is 30.9. The summed E-state index contributed by atoms with van der Waals surface area (Å²) in [6, 6.07) is 4.17. The number of hydrogen-bond donors (Lipinski definition) is 3. The molecule has 0 heterocycles. The molecule has 0 amide bonds. The molecule has 0 aliphatic heterocycles. The first-order valence-corrected chi connectivity index (χ1v) is 5.47. The van der Waals surface area contributed by atoms with Gasteiger partial charge < -0.3 is 15.3 Å². The van der Waals surface area contributed by atoms with E-state index in [4.69, 9.17) is 15.3 Å². The van der Waals surface area contributed by atoms with Gasteiger partial charge in [0.05, 0.1) is 17.0 Å². The van der Waals surface area contributed by atoms with E-state index in [2.05, 4.69) is 0 Å². The van der Waals surface area contributed by atoms with Gasteiger partial charge in [-0.25, -0.2) is 9.59 Å². The van der Waals surface area contributed by atoms with Gasteiger partial charge in [-0.1, -0.05) is 19.9 Å². The summed E-state index contributed by atoms with van der Waals surface area (Å²) in [5, 5.41) is 25.3. The molecule has 0 aromatic heterocycles. The number of aliphatic carboxylic acids is 1. The van der Waals surface area contributed by atoms with Crippen LogP contribution in [0.15, 0.2) is 18.2 Å². The molecule has 1 aromatic rings. The van der Waals surface area contributed by atoms with Crippen molar-refractivity contribution in [2.45, 2.75) is 20.8 Å². The first kappa shape index (κ1) is 16.6. The molecular weight excluding hydrogens is 252 g/mol. The van der Waals surface area contributed by atoms with Crippen LogP contribution >= 0.6 is 0 Å². The van der Waals surface area contributed by atoms with Crippen LogP contribution in [0.25, 0.3) is 0 Å². The molecule has 0 saturated carbocycles. The van der Waals surface area contributed by atoms with Crippen molar-refractivity contribution in [1.29, 1.82) is 0 Å². The molecular formula is C13H16O6. The van der Waals surface area contributed by atoms with Crippen LogP contribution in [0.3, 0.4) is 0 Å². The van der Waals surface area contributed by atoms with Gasteiger partial charge in [0.15, 0.2) is 0 Å². The third kappa shape index (κ3) is 5.20. The maximum absolute atomic E-state index is 10.6. The number of aromatic carboxylic acids is 2. The summed E-state index contributed by atoms with van der Waals surface area (Å²) in [5.74, 6) is -3.19. The monoisotopic (exact) mass is 268 g/mol. The topological polar surface area (TPSA) is 112 Å². The third-order valence-electron chi connectivity index (χ3n) is 2.29. The molecule has 1 rings (SSSR count). The van der Waals surface area contributed by atoms with Crippen LogP contribution < -0.4 is 0 Å². The zero-order chi connectivity index (χ0) is 15.2. The normalized spacial score (nSPS) is 9.47. The number of carboxylic acid groups (broad SMARTS) is 3. The lowest BCUT2D eigenvalue weighted by Crippen LogP contribution is -2.06. The van der Waals surface area contributed by atoms with Crippen molar-refractivity contribution in [2.75, 3.05) is 0 Å². The van der Waals surface area contributed by atoms with Crippen molar-refractivity contribution < 1.29 is 29.7 Å². The van der Waals surface area contributed by atoms with Crippen LogP contribution in [0.5, 0.6) is 0 Å². The largest absolute Gasteiger partial charge is 0.481 e. The van der Waals surface area contributed by atoms with Gasteiger partial charge in [0, 0.05) is 0 Å². The number of carboxylic acids is 3. The highest BCUT2D eigenvalue weighted by Gasteiger charge is 2.13. The van der Waals surface area contributed by atoms with E-state index >= 15 is 0 Å². The van der Waals surface area contributed by atoms with E-state index < -0.39 is 17.9 Å². The Balaban J connectivity index is 0.000000459. The minimum absolute atomic E-state index is 0.0277. The second-order valence-electron chi connectivity index (χ2n) is 4.08. The molecule has 6 heteroatoms. The lowest BCUT2D eigenvalue weighted by Gasteiger charge is -2.03. The van der Waals surface area contributed by atoms with Gasteiger partial charge in [0.25, 0.3) is 0 Å². The van der Waals surface area contributed by atoms with E-state index in [9.17, 15) is 14.4 Å². The molecule has 0 spiro atoms. The Labute approximate surface area is 110 Å². The molecule has 1 aromatic carbocycles. The van der Waals surface area contributed by atoms with Gasteiger partial charge >= 0.3 is 17.9 Å². The Kier molecular flexibility index (Phi) is 6.26. The zero-order valence-corrected chi connectivity index (χ0v) is 10.9. The molecule has 0 saturated heterocycles. The summed E-state index contributed by atoms with van der Waals surface area (Å²) in [6.45, 7) is 4.76. The number of rotatable bonds is 3. The van der Waals surface area contributed by atoms with Crippen molar-refractivity contribution in [3.05, 3.63) is 34.9 Å². The summed E-state index contributed by atoms with van der Waals surface area (Å²) in [6.07, 6.45) is 0. The van der Waals surface area contributed by atoms with E-state index in [-0.39, 0.29) is 22.6 Å². The van der Waals surface area contributed by atoms with Gasteiger partial charge in [0.1, 0.15) is 0 Å². The van der Waals surface area contributed by atoms with Crippen molar-refractivity contribution in [2.24, 2.45) is 5.92 Å². The molecule has 0 unspecified atom stereocenters. The van der Waals surface area contributed by atoms with Gasteiger partial charge in [-0.05, 0) is 24.6 Å². The van der Waals surface area contributed by atoms with Crippen LogP contribution in [0.2, 0.25) is 0 Å². The highest BCUT2D eigenvalue weighted by Crippen LogP contribution is 2.13. The molecule has 0 bridgehead atoms. The number of benzene rings is 1. The van der Waals surface area contributed by atoms with E-state index in [1.165, 1.54) is 25.1 Å². The minimum Gasteiger partial charge on any atom is -0.481 e. The van der Waals surface area contributed by atoms with Gasteiger partial charge in [-0.15, -0.1) is 0 Å². The molecule has 3 N–H and O–H groups in total. The van der Waals surface area contributed by atoms with Crippen molar-refractivity contribution in [1.82, 2.24) is 0 Å². The predicted molar refractivity (Wildman–Crippen MR) is 67.6 cm³/mol. The maximum Gasteiger partial charge on any atom is 0.335 e. The Hall–Kier alpha value is -2.37. The standard InChI is InChI=1S/C9H8O4.C4H8O2/c1-5-6(8(10)11)3-2-4-7(5)9(12)13;1-3(2)4(5)6/h2-4H,1H3,(H,10,11)(H,12,13);3H,1-2H3,(H,5,6). The smallest absolute Gasteiger partial charge is 0.335 e. The summed E-state index contributed by atoms with van der Waals surface area (Å²) < 4.78 is 0. The van der Waals surface area contributed by atoms with E-state index in [0.29, 0.717) is 0 Å². The average Bonchev–Trinajstić information content (AvgIpc) is 2.29. The Morgan fingerprint density at radius 1 is 0.947 bits per heavy atom. The van der Waals surface area contributed by atoms with Crippen LogP contribution in [0, 0.1) is 12.8 Å². The predicted octanol–water partition coefficient (Wildman–Crippen LogP) is 2.12. The first-order chi connectivity index (χ1) is 8.68. The summed E-state index contributed by atoms with van der Waals surface area (Å²) in [5.41, 5.74) is 0.335. The molecule has 6 nitrogen and oxygen atoms in total. The van der Waals surface area contributed by atoms with Gasteiger partial charge in [-0.2, -0.15) is 0 Å². The zero-order valence-electron chi connectivity index (χ0n) is 10.9. The lowest BCUT2D eigenvalue weighted by molar-refractivity contribution is -0.140. The molecule has 104 valence electrons. The number of hydrogen-bond acceptors (Lipinski definition) is 3. The van der Waals surface area contributed by atoms with Crippen LogP contribution in [-0.4, -0.2) is 33.2 Å². The van der Waals surface area contributed by atoms with E-state index in [1.807, 2.05) is 0 Å². The first-order valence-electron chi connectivity index (χ1n) is 5.47. The van der Waals surface area contributed by atoms with Crippen molar-refractivity contribution in [3.8, 4) is 0 Å². The van der Waals surface area contributed by atoms with Crippen LogP contribution in [0.4, 0.5) is 0 Å². The Morgan fingerprint density at radius 2 is 1.26 bits per heavy atom. The van der Waals surface area contributed by atoms with Crippen LogP contribution in [-0.2, 0) is 4.79 Å². The SMILES string of the molecule is CC(C)C(=O)O.Cc1c(C(=O)O)cccc1C(=O)O. The molecule has 0 fully saturated rings. The van der Waals surface area contributed by atoms with Gasteiger partial charge in [0.2, 0.25) is 0 Å². The Morgan fingerprint density at radius 3 is 1.47 bits per heavy atom. The second kappa shape index (κ2) is 7.15. The van der Waals surface area contributed by atoms with E-state index in [0.717, 1.165) is 0 Å². The molecule has 19 heavy (non-hydrogen) atoms. The molecule has 0 aliphatic carbocycles. The average molecular weight is 268 g/mol. The second-order valence-corrected chi connectivity index (χ2v) is 4.08. The minimum atomic E-state index is -1.11. The maximum atomic E-state index is 10.6. The highest BCUT2D eigenvalue weighted by atomic mass is 16.4. The highest BCUT2D eigenvalue weighted by molar-refractivity contribution is 5.96. The van der Waals surface area contributed by atoms with Gasteiger partial charge in [-0.3, -0.25) is 4.79 Å². The molecule has 0 aliphatic rings. The van der Waals surface area contributed by atoms with Crippen LogP contribution in [0.1, 0.15) is 40.1 Å². The summed E-state index contributed by atoms with van der Waals surface area (Å²) >= 11 is 0.